The molecule has 0 spiro atoms. The fourth-order valence-electron chi connectivity index (χ4n) is 9.51. The standard InChI is InChI=1S/C46H77NO17/c1-13-33-30(22-58-45-42(57-12)41(56-11)37(52)26(5)60-45)18-23(2)14-15-31(49)24(3)19-29(16-17-48)39(25(4)32(50)20-34(51)62-33)64-44-38(53)36(47(9)10)40(27(6)61-44)63-35-21-46(8,55)43(54)28(7)59-35/h14-15,17-18,24-30,32-33,35-45,50,52-55H,13,16,19-22H2,1-12H3/t24-,25+,26-,27-,28+,29+,30-,32-,33-,35+,36-,37-,38-,39-,40-,41-,42-,43+,44+,45-,46+/m1/s1. The molecule has 4 heterocycles. The van der Waals surface area contributed by atoms with Crippen LogP contribution in [0.4, 0.5) is 0 Å². The number of cyclic esters (lactones) is 1. The molecule has 3 saturated heterocycles. The number of likely N-dealkylation sites (N-methyl/N-ethyl adjacent to an activating group) is 1. The largest absolute Gasteiger partial charge is 0.462 e. The quantitative estimate of drug-likeness (QED) is 0.131. The van der Waals surface area contributed by atoms with Gasteiger partial charge in [0.05, 0.1) is 55.2 Å². The lowest BCUT2D eigenvalue weighted by molar-refractivity contribution is -0.341. The second kappa shape index (κ2) is 24.1. The SMILES string of the molecule is CC[C@H]1OC(=O)C[C@@H](O)[C@H](C)[C@@H](O[C@@H]2O[C@H](C)[C@@H](O[C@H]3C[C@](C)(O)[C@@H](O)[C@H](C)O3)[C@H](N(C)C)[C@H]2O)[C@@H](CC=O)C[C@@H](C)C(=O)C=CC(C)=C[C@@H]1CO[C@@H]1O[C@H](C)[C@@H](O)[C@@H](OC)[C@H]1OC. The molecule has 0 unspecified atom stereocenters. The highest BCUT2D eigenvalue weighted by atomic mass is 16.7. The van der Waals surface area contributed by atoms with Gasteiger partial charge in [-0.3, -0.25) is 9.59 Å². The average Bonchev–Trinajstić information content (AvgIpc) is 3.23. The van der Waals surface area contributed by atoms with E-state index >= 15 is 0 Å². The Labute approximate surface area is 378 Å². The first-order chi connectivity index (χ1) is 30.1. The molecule has 5 N–H and O–H groups in total. The summed E-state index contributed by atoms with van der Waals surface area (Å²) in [7, 11) is 6.43. The van der Waals surface area contributed by atoms with Gasteiger partial charge in [0.25, 0.3) is 0 Å². The molecule has 64 heavy (non-hydrogen) atoms. The van der Waals surface area contributed by atoms with Crippen molar-refractivity contribution in [2.45, 2.75) is 191 Å². The van der Waals surface area contributed by atoms with Crippen LogP contribution < -0.4 is 0 Å². The number of carbonyl (C=O) groups excluding carboxylic acids is 3. The number of aliphatic hydroxyl groups excluding tert-OH is 4. The second-order valence-corrected chi connectivity index (χ2v) is 18.7. The molecule has 18 heteroatoms. The van der Waals surface area contributed by atoms with E-state index < -0.39 is 140 Å². The smallest absolute Gasteiger partial charge is 0.308 e. The van der Waals surface area contributed by atoms with E-state index in [1.807, 2.05) is 19.9 Å². The zero-order valence-corrected chi connectivity index (χ0v) is 39.7. The number of hydrogen-bond donors (Lipinski definition) is 5. The molecule has 0 amide bonds. The fourth-order valence-corrected chi connectivity index (χ4v) is 9.51. The van der Waals surface area contributed by atoms with Gasteiger partial charge in [0.1, 0.15) is 49.0 Å². The third kappa shape index (κ3) is 13.5. The van der Waals surface area contributed by atoms with Crippen LogP contribution in [0.3, 0.4) is 0 Å². The summed E-state index contributed by atoms with van der Waals surface area (Å²) in [6.07, 6.45) is -8.49. The highest BCUT2D eigenvalue weighted by molar-refractivity contribution is 5.91. The number of esters is 1. The van der Waals surface area contributed by atoms with Gasteiger partial charge in [-0.05, 0) is 73.5 Å². The van der Waals surface area contributed by atoms with Gasteiger partial charge in [-0.15, -0.1) is 0 Å². The summed E-state index contributed by atoms with van der Waals surface area (Å²) in [4.78, 5) is 41.5. The van der Waals surface area contributed by atoms with Crippen LogP contribution in [0.1, 0.15) is 87.5 Å². The lowest BCUT2D eigenvalue weighted by Crippen LogP contribution is -2.65. The molecule has 0 aromatic rings. The Balaban J connectivity index is 1.62. The van der Waals surface area contributed by atoms with Crippen LogP contribution in [0.15, 0.2) is 23.8 Å². The minimum absolute atomic E-state index is 0.00788. The van der Waals surface area contributed by atoms with Crippen LogP contribution in [0, 0.1) is 23.7 Å². The molecule has 0 aromatic heterocycles. The van der Waals surface area contributed by atoms with Crippen LogP contribution in [0.25, 0.3) is 0 Å². The minimum Gasteiger partial charge on any atom is -0.462 e. The number of aliphatic hydroxyl groups is 5. The van der Waals surface area contributed by atoms with Gasteiger partial charge in [0.15, 0.2) is 24.7 Å². The summed E-state index contributed by atoms with van der Waals surface area (Å²) in [5.74, 6) is -3.59. The highest BCUT2D eigenvalue weighted by Crippen LogP contribution is 2.37. The summed E-state index contributed by atoms with van der Waals surface area (Å²) in [6, 6.07) is -0.748. The molecule has 4 aliphatic rings. The number of carbonyl (C=O) groups is 3. The maximum absolute atomic E-state index is 13.8. The van der Waals surface area contributed by atoms with Crippen LogP contribution in [-0.4, -0.2) is 187 Å². The molecule has 0 radical (unpaired) electrons. The molecule has 0 saturated carbocycles. The lowest BCUT2D eigenvalue weighted by Gasteiger charge is -2.50. The molecule has 21 atom stereocenters. The van der Waals surface area contributed by atoms with Crippen molar-refractivity contribution in [3.63, 3.8) is 0 Å². The summed E-state index contributed by atoms with van der Waals surface area (Å²) in [6.45, 7) is 13.6. The number of aldehydes is 1. The Hall–Kier alpha value is -2.27. The molecule has 0 bridgehead atoms. The molecular formula is C46H77NO17. The van der Waals surface area contributed by atoms with Crippen molar-refractivity contribution in [3.8, 4) is 0 Å². The van der Waals surface area contributed by atoms with Gasteiger partial charge in [-0.2, -0.15) is 0 Å². The summed E-state index contributed by atoms with van der Waals surface area (Å²) in [5.41, 5.74) is -0.806. The van der Waals surface area contributed by atoms with E-state index in [2.05, 4.69) is 0 Å². The molecule has 368 valence electrons. The summed E-state index contributed by atoms with van der Waals surface area (Å²) < 4.78 is 54.7. The van der Waals surface area contributed by atoms with Gasteiger partial charge in [-0.25, -0.2) is 0 Å². The molecule has 3 fully saturated rings. The van der Waals surface area contributed by atoms with Crippen LogP contribution in [0.2, 0.25) is 0 Å². The molecule has 4 rings (SSSR count). The van der Waals surface area contributed by atoms with Gasteiger partial charge >= 0.3 is 5.97 Å². The van der Waals surface area contributed by atoms with E-state index in [-0.39, 0.29) is 31.7 Å². The number of allylic oxidation sites excluding steroid dienone is 3. The highest BCUT2D eigenvalue weighted by Gasteiger charge is 2.52. The van der Waals surface area contributed by atoms with Crippen molar-refractivity contribution in [1.82, 2.24) is 4.90 Å². The van der Waals surface area contributed by atoms with Gasteiger partial charge in [0.2, 0.25) is 0 Å². The normalized spacial score (nSPS) is 44.6. The predicted octanol–water partition coefficient (Wildman–Crippen LogP) is 1.83. The Kier molecular flexibility index (Phi) is 20.5. The maximum atomic E-state index is 13.8. The van der Waals surface area contributed by atoms with Crippen molar-refractivity contribution < 1.29 is 82.5 Å². The number of hydrogen-bond acceptors (Lipinski definition) is 18. The zero-order valence-electron chi connectivity index (χ0n) is 39.7. The van der Waals surface area contributed by atoms with Crippen molar-refractivity contribution in [2.75, 3.05) is 34.9 Å². The topological polar surface area (TPSA) is 239 Å². The van der Waals surface area contributed by atoms with Crippen LogP contribution >= 0.6 is 0 Å². The average molecular weight is 916 g/mol. The monoisotopic (exact) mass is 916 g/mol. The third-order valence-electron chi connectivity index (χ3n) is 13.4. The zero-order chi connectivity index (χ0) is 47.8. The summed E-state index contributed by atoms with van der Waals surface area (Å²) in [5, 5.41) is 55.8. The molecule has 4 aliphatic heterocycles. The van der Waals surface area contributed by atoms with Gasteiger partial charge in [-0.1, -0.05) is 38.5 Å². The number of methoxy groups -OCH3 is 2. The predicted molar refractivity (Wildman–Crippen MR) is 230 cm³/mol. The van der Waals surface area contributed by atoms with E-state index in [0.717, 1.165) is 6.29 Å². The first-order valence-corrected chi connectivity index (χ1v) is 22.7. The van der Waals surface area contributed by atoms with Crippen molar-refractivity contribution in [2.24, 2.45) is 23.7 Å². The lowest BCUT2D eigenvalue weighted by atomic mass is 9.79. The van der Waals surface area contributed by atoms with Crippen molar-refractivity contribution in [3.05, 3.63) is 23.8 Å². The van der Waals surface area contributed by atoms with Crippen LogP contribution in [-0.2, 0) is 57.0 Å². The van der Waals surface area contributed by atoms with Crippen LogP contribution in [0.5, 0.6) is 0 Å². The van der Waals surface area contributed by atoms with E-state index in [9.17, 15) is 39.9 Å². The first-order valence-electron chi connectivity index (χ1n) is 22.7. The number of ether oxygens (including phenoxy) is 9. The number of nitrogens with zero attached hydrogens (tertiary/aromatic N) is 1. The Morgan fingerprint density at radius 1 is 0.859 bits per heavy atom. The second-order valence-electron chi connectivity index (χ2n) is 18.7. The Bertz CT molecular complexity index is 1560. The van der Waals surface area contributed by atoms with Gasteiger partial charge in [0, 0.05) is 44.8 Å². The third-order valence-corrected chi connectivity index (χ3v) is 13.4. The van der Waals surface area contributed by atoms with E-state index in [0.29, 0.717) is 12.0 Å². The summed E-state index contributed by atoms with van der Waals surface area (Å²) >= 11 is 0. The number of rotatable bonds is 13. The molecule has 0 aromatic carbocycles. The van der Waals surface area contributed by atoms with Gasteiger partial charge < -0.3 is 77.9 Å². The number of ketones is 1. The maximum Gasteiger partial charge on any atom is 0.308 e. The molecule has 0 aliphatic carbocycles. The Morgan fingerprint density at radius 2 is 1.52 bits per heavy atom. The van der Waals surface area contributed by atoms with E-state index in [4.69, 9.17) is 42.6 Å². The van der Waals surface area contributed by atoms with E-state index in [1.54, 1.807) is 59.7 Å². The van der Waals surface area contributed by atoms with E-state index in [1.165, 1.54) is 27.2 Å². The molecule has 18 nitrogen and oxygen atoms in total. The molecular weight excluding hydrogens is 838 g/mol. The Morgan fingerprint density at radius 3 is 2.11 bits per heavy atom. The minimum atomic E-state index is -1.49. The van der Waals surface area contributed by atoms with Crippen molar-refractivity contribution >= 4 is 18.0 Å². The van der Waals surface area contributed by atoms with Crippen molar-refractivity contribution in [1.29, 1.82) is 0 Å². The fraction of sp³-hybridized carbons (Fsp3) is 0.848. The first kappa shape index (κ1) is 54.3.